The lowest BCUT2D eigenvalue weighted by Gasteiger charge is -2.11. The molecule has 0 atom stereocenters. The number of ketones is 1. The van der Waals surface area contributed by atoms with Crippen molar-refractivity contribution < 1.29 is 9.21 Å². The van der Waals surface area contributed by atoms with Gasteiger partial charge in [0.25, 0.3) is 5.56 Å². The van der Waals surface area contributed by atoms with Crippen LogP contribution in [-0.4, -0.2) is 34.9 Å². The van der Waals surface area contributed by atoms with Crippen molar-refractivity contribution in [3.8, 4) is 11.6 Å². The number of aromatic nitrogens is 6. The van der Waals surface area contributed by atoms with Crippen LogP contribution in [0.1, 0.15) is 28.8 Å². The Hall–Kier alpha value is -3.79. The van der Waals surface area contributed by atoms with Crippen LogP contribution < -0.4 is 5.56 Å². The molecule has 9 nitrogen and oxygen atoms in total. The highest BCUT2D eigenvalue weighted by Gasteiger charge is 2.20. The summed E-state index contributed by atoms with van der Waals surface area (Å²) in [6.07, 6.45) is 1.55. The Morgan fingerprint density at radius 1 is 1.12 bits per heavy atom. The Balaban J connectivity index is 1.61. The molecule has 0 amide bonds. The van der Waals surface area contributed by atoms with Crippen LogP contribution in [0.4, 0.5) is 0 Å². The van der Waals surface area contributed by atoms with Crippen molar-refractivity contribution in [2.45, 2.75) is 24.6 Å². The number of hydrogen-bond acceptors (Lipinski definition) is 8. The van der Waals surface area contributed by atoms with Gasteiger partial charge in [-0.05, 0) is 38.1 Å². The van der Waals surface area contributed by atoms with Gasteiger partial charge in [0.2, 0.25) is 5.78 Å². The minimum atomic E-state index is -0.131. The molecule has 0 aliphatic carbocycles. The highest BCUT2D eigenvalue weighted by atomic mass is 32.2. The monoisotopic (exact) mass is 446 g/mol. The number of carbonyl (C=O) groups is 1. The number of aryl methyl sites for hydroxylation is 2. The second kappa shape index (κ2) is 7.72. The summed E-state index contributed by atoms with van der Waals surface area (Å²) >= 11 is 1.37. The molecule has 10 heteroatoms. The van der Waals surface area contributed by atoms with E-state index in [0.717, 1.165) is 5.52 Å². The molecule has 0 fully saturated rings. The van der Waals surface area contributed by atoms with Gasteiger partial charge in [-0.2, -0.15) is 0 Å². The van der Waals surface area contributed by atoms with E-state index in [-0.39, 0.29) is 11.3 Å². The van der Waals surface area contributed by atoms with Gasteiger partial charge in [-0.15, -0.1) is 10.2 Å². The van der Waals surface area contributed by atoms with Crippen LogP contribution in [0.3, 0.4) is 0 Å². The first-order valence-corrected chi connectivity index (χ1v) is 10.8. The Morgan fingerprint density at radius 2 is 1.94 bits per heavy atom. The summed E-state index contributed by atoms with van der Waals surface area (Å²) in [6, 6.07) is 10.9. The van der Waals surface area contributed by atoms with Crippen LogP contribution in [0.2, 0.25) is 0 Å². The fraction of sp³-hybridized carbons (Fsp3) is 0.182. The van der Waals surface area contributed by atoms with Gasteiger partial charge in [0.1, 0.15) is 10.9 Å². The lowest BCUT2D eigenvalue weighted by atomic mass is 10.2. The average molecular weight is 446 g/mol. The third-order valence-electron chi connectivity index (χ3n) is 5.18. The molecule has 0 aliphatic rings. The van der Waals surface area contributed by atoms with E-state index >= 15 is 0 Å². The number of hydrogen-bond donors (Lipinski definition) is 0. The summed E-state index contributed by atoms with van der Waals surface area (Å²) in [5, 5.41) is 9.66. The summed E-state index contributed by atoms with van der Waals surface area (Å²) in [4.78, 5) is 34.0. The van der Waals surface area contributed by atoms with Crippen molar-refractivity contribution in [2.75, 3.05) is 0 Å². The summed E-state index contributed by atoms with van der Waals surface area (Å²) in [6.45, 7) is 3.28. The Labute approximate surface area is 186 Å². The number of rotatable bonds is 5. The lowest BCUT2D eigenvalue weighted by molar-refractivity contribution is 0.101. The van der Waals surface area contributed by atoms with Gasteiger partial charge in [0, 0.05) is 7.05 Å². The summed E-state index contributed by atoms with van der Waals surface area (Å²) in [7, 11) is 1.67. The van der Waals surface area contributed by atoms with Crippen molar-refractivity contribution in [2.24, 2.45) is 7.05 Å². The first-order valence-electron chi connectivity index (χ1n) is 9.83. The molecular weight excluding hydrogens is 428 g/mol. The van der Waals surface area contributed by atoms with Gasteiger partial charge < -0.3 is 4.42 Å². The molecule has 160 valence electrons. The molecule has 4 heterocycles. The minimum absolute atomic E-state index is 0.116. The van der Waals surface area contributed by atoms with E-state index in [1.54, 1.807) is 38.4 Å². The number of furan rings is 1. The topological polar surface area (TPSA) is 108 Å². The second-order valence-electron chi connectivity index (χ2n) is 7.27. The summed E-state index contributed by atoms with van der Waals surface area (Å²) < 4.78 is 8.77. The number of nitrogens with zero attached hydrogens (tertiary/aromatic N) is 6. The molecule has 0 unspecified atom stereocenters. The number of carbonyl (C=O) groups excluding carboxylic acids is 1. The zero-order valence-corrected chi connectivity index (χ0v) is 18.4. The van der Waals surface area contributed by atoms with Gasteiger partial charge in [-0.25, -0.2) is 9.97 Å². The van der Waals surface area contributed by atoms with Crippen molar-refractivity contribution >= 4 is 34.2 Å². The smallest absolute Gasteiger partial charge is 0.262 e. The first-order chi connectivity index (χ1) is 15.5. The standard InChI is InChI=1S/C22H18N6O3S/c1-12-18(13(2)29)20(24-19(23-12)16-9-6-10-31-16)32-11-17-25-26-22-27(3)21(30)14-7-4-5-8-15(14)28(17)22/h4-10H,11H2,1-3H3. The van der Waals surface area contributed by atoms with E-state index in [2.05, 4.69) is 20.2 Å². The Bertz CT molecular complexity index is 1550. The maximum absolute atomic E-state index is 12.7. The fourth-order valence-electron chi connectivity index (χ4n) is 3.69. The third-order valence-corrected chi connectivity index (χ3v) is 6.15. The predicted octanol–water partition coefficient (Wildman–Crippen LogP) is 3.43. The van der Waals surface area contributed by atoms with Crippen LogP contribution in [0, 0.1) is 6.92 Å². The number of benzene rings is 1. The van der Waals surface area contributed by atoms with E-state index < -0.39 is 0 Å². The molecule has 0 saturated heterocycles. The van der Waals surface area contributed by atoms with Gasteiger partial charge in [-0.3, -0.25) is 18.6 Å². The van der Waals surface area contributed by atoms with Crippen LogP contribution in [0.5, 0.6) is 0 Å². The molecule has 1 aromatic carbocycles. The van der Waals surface area contributed by atoms with Crippen molar-refractivity contribution in [3.05, 3.63) is 70.1 Å². The van der Waals surface area contributed by atoms with Gasteiger partial charge in [-0.1, -0.05) is 23.9 Å². The molecule has 0 saturated carbocycles. The molecular formula is C22H18N6O3S. The van der Waals surface area contributed by atoms with Gasteiger partial charge in [0.15, 0.2) is 17.4 Å². The molecule has 32 heavy (non-hydrogen) atoms. The van der Waals surface area contributed by atoms with Crippen LogP contribution in [0.15, 0.2) is 56.9 Å². The largest absolute Gasteiger partial charge is 0.461 e. The maximum Gasteiger partial charge on any atom is 0.262 e. The lowest BCUT2D eigenvalue weighted by Crippen LogP contribution is -2.20. The van der Waals surface area contributed by atoms with Crippen LogP contribution in [-0.2, 0) is 12.8 Å². The molecule has 4 aromatic heterocycles. The SMILES string of the molecule is CC(=O)c1c(C)nc(-c2ccco2)nc1SCc1nnc2n(C)c(=O)c3ccccc3n12. The molecule has 5 rings (SSSR count). The Morgan fingerprint density at radius 3 is 2.69 bits per heavy atom. The highest BCUT2D eigenvalue weighted by molar-refractivity contribution is 7.98. The highest BCUT2D eigenvalue weighted by Crippen LogP contribution is 2.29. The number of fused-ring (bicyclic) bond motifs is 3. The van der Waals surface area contributed by atoms with E-state index in [0.29, 0.717) is 50.6 Å². The average Bonchev–Trinajstić information content (AvgIpc) is 3.46. The normalized spacial score (nSPS) is 11.5. The molecule has 5 aromatic rings. The Kier molecular flexibility index (Phi) is 4.86. The van der Waals surface area contributed by atoms with Crippen molar-refractivity contribution in [1.29, 1.82) is 0 Å². The zero-order chi connectivity index (χ0) is 22.4. The quantitative estimate of drug-likeness (QED) is 0.230. The third kappa shape index (κ3) is 3.19. The van der Waals surface area contributed by atoms with E-state index in [1.807, 2.05) is 22.6 Å². The van der Waals surface area contributed by atoms with E-state index in [4.69, 9.17) is 4.42 Å². The zero-order valence-electron chi connectivity index (χ0n) is 17.6. The molecule has 0 N–H and O–H groups in total. The minimum Gasteiger partial charge on any atom is -0.461 e. The van der Waals surface area contributed by atoms with E-state index in [9.17, 15) is 9.59 Å². The van der Waals surface area contributed by atoms with Crippen molar-refractivity contribution in [3.63, 3.8) is 0 Å². The number of para-hydroxylation sites is 1. The molecule has 0 bridgehead atoms. The van der Waals surface area contributed by atoms with E-state index in [1.165, 1.54) is 23.3 Å². The summed E-state index contributed by atoms with van der Waals surface area (Å²) in [5.41, 5.74) is 1.65. The van der Waals surface area contributed by atoms with Crippen molar-refractivity contribution in [1.82, 2.24) is 29.1 Å². The summed E-state index contributed by atoms with van der Waals surface area (Å²) in [5.74, 6) is 2.30. The maximum atomic E-state index is 12.7. The van der Waals surface area contributed by atoms with Gasteiger partial charge >= 0.3 is 0 Å². The number of Topliss-reactive ketones (excluding diaryl/α,β-unsaturated/α-hetero) is 1. The van der Waals surface area contributed by atoms with Crippen LogP contribution in [0.25, 0.3) is 28.3 Å². The second-order valence-corrected chi connectivity index (χ2v) is 8.23. The molecule has 0 aliphatic heterocycles. The predicted molar refractivity (Wildman–Crippen MR) is 120 cm³/mol. The first kappa shape index (κ1) is 20.1. The molecule has 0 spiro atoms. The van der Waals surface area contributed by atoms with Crippen LogP contribution >= 0.6 is 11.8 Å². The fourth-order valence-corrected chi connectivity index (χ4v) is 4.73. The number of thioether (sulfide) groups is 1. The van der Waals surface area contributed by atoms with Gasteiger partial charge in [0.05, 0.1) is 34.2 Å². The molecule has 0 radical (unpaired) electrons.